The number of carboxylic acid groups (broad SMARTS) is 1. The summed E-state index contributed by atoms with van der Waals surface area (Å²) in [7, 11) is 0. The van der Waals surface area contributed by atoms with Crippen LogP contribution in [0.2, 0.25) is 0 Å². The summed E-state index contributed by atoms with van der Waals surface area (Å²) in [6, 6.07) is 11.4. The number of aromatic nitrogens is 1. The fourth-order valence-electron chi connectivity index (χ4n) is 1.99. The highest BCUT2D eigenvalue weighted by atomic mass is 16.5. The summed E-state index contributed by atoms with van der Waals surface area (Å²) >= 11 is 0. The fraction of sp³-hybridized carbons (Fsp3) is 0.176. The molecular weight excluding hydrogens is 266 g/mol. The lowest BCUT2D eigenvalue weighted by Gasteiger charge is -2.12. The van der Waals surface area contributed by atoms with E-state index in [1.165, 1.54) is 6.08 Å². The minimum Gasteiger partial charge on any atom is -0.486 e. The first-order valence-electron chi connectivity index (χ1n) is 6.62. The third kappa shape index (κ3) is 4.18. The van der Waals surface area contributed by atoms with Gasteiger partial charge < -0.3 is 9.84 Å². The SMILES string of the molecule is Cc1cccc(COc2c(C)cccc2/C=C/C(=O)O)n1. The van der Waals surface area contributed by atoms with Crippen LogP contribution < -0.4 is 4.74 Å². The van der Waals surface area contributed by atoms with Gasteiger partial charge in [0, 0.05) is 17.3 Å². The first-order chi connectivity index (χ1) is 10.1. The largest absolute Gasteiger partial charge is 0.486 e. The fourth-order valence-corrected chi connectivity index (χ4v) is 1.99. The molecule has 108 valence electrons. The van der Waals surface area contributed by atoms with Crippen molar-refractivity contribution in [3.63, 3.8) is 0 Å². The number of aliphatic carboxylic acids is 1. The molecule has 0 amide bonds. The Morgan fingerprint density at radius 3 is 2.71 bits per heavy atom. The minimum absolute atomic E-state index is 0.348. The zero-order valence-corrected chi connectivity index (χ0v) is 12.0. The van der Waals surface area contributed by atoms with Crippen molar-refractivity contribution >= 4 is 12.0 Å². The lowest BCUT2D eigenvalue weighted by atomic mass is 10.1. The van der Waals surface area contributed by atoms with Gasteiger partial charge in [-0.15, -0.1) is 0 Å². The third-order valence-electron chi connectivity index (χ3n) is 2.96. The molecule has 0 atom stereocenters. The van der Waals surface area contributed by atoms with Crippen molar-refractivity contribution in [3.05, 3.63) is 65.0 Å². The monoisotopic (exact) mass is 283 g/mol. The number of hydrogen-bond acceptors (Lipinski definition) is 3. The van der Waals surface area contributed by atoms with E-state index in [2.05, 4.69) is 4.98 Å². The lowest BCUT2D eigenvalue weighted by Crippen LogP contribution is -2.01. The van der Waals surface area contributed by atoms with Gasteiger partial charge in [0.2, 0.25) is 0 Å². The molecule has 0 saturated heterocycles. The van der Waals surface area contributed by atoms with Crippen LogP contribution in [-0.2, 0) is 11.4 Å². The smallest absolute Gasteiger partial charge is 0.328 e. The van der Waals surface area contributed by atoms with Crippen molar-refractivity contribution in [1.82, 2.24) is 4.98 Å². The summed E-state index contributed by atoms with van der Waals surface area (Å²) < 4.78 is 5.83. The molecule has 1 heterocycles. The molecule has 0 spiro atoms. The summed E-state index contributed by atoms with van der Waals surface area (Å²) in [5.74, 6) is -0.305. The van der Waals surface area contributed by atoms with E-state index in [0.29, 0.717) is 12.4 Å². The van der Waals surface area contributed by atoms with Crippen LogP contribution in [0.5, 0.6) is 5.75 Å². The number of aryl methyl sites for hydroxylation is 2. The van der Waals surface area contributed by atoms with E-state index in [1.807, 2.05) is 50.2 Å². The van der Waals surface area contributed by atoms with Crippen molar-refractivity contribution in [2.75, 3.05) is 0 Å². The van der Waals surface area contributed by atoms with Crippen molar-refractivity contribution in [2.45, 2.75) is 20.5 Å². The molecule has 1 aromatic carbocycles. The Morgan fingerprint density at radius 1 is 1.24 bits per heavy atom. The van der Waals surface area contributed by atoms with E-state index < -0.39 is 5.97 Å². The molecule has 2 rings (SSSR count). The normalized spacial score (nSPS) is 10.8. The molecule has 0 radical (unpaired) electrons. The number of carbonyl (C=O) groups is 1. The summed E-state index contributed by atoms with van der Waals surface area (Å²) in [6.07, 6.45) is 2.64. The summed E-state index contributed by atoms with van der Waals surface area (Å²) in [5, 5.41) is 8.74. The zero-order valence-electron chi connectivity index (χ0n) is 12.0. The van der Waals surface area contributed by atoms with Gasteiger partial charge in [-0.1, -0.05) is 24.3 Å². The third-order valence-corrected chi connectivity index (χ3v) is 2.96. The van der Waals surface area contributed by atoms with Gasteiger partial charge in [0.15, 0.2) is 0 Å². The second-order valence-electron chi connectivity index (χ2n) is 4.72. The quantitative estimate of drug-likeness (QED) is 0.855. The number of hydrogen-bond donors (Lipinski definition) is 1. The van der Waals surface area contributed by atoms with E-state index in [0.717, 1.165) is 28.6 Å². The summed E-state index contributed by atoms with van der Waals surface area (Å²) in [4.78, 5) is 15.0. The molecule has 21 heavy (non-hydrogen) atoms. The standard InChI is InChI=1S/C17H17NO3/c1-12-5-3-7-14(9-10-16(19)20)17(12)21-11-15-8-4-6-13(2)18-15/h3-10H,11H2,1-2H3,(H,19,20)/b10-9+. The molecule has 0 bridgehead atoms. The Labute approximate surface area is 123 Å². The van der Waals surface area contributed by atoms with Crippen LogP contribution in [0.4, 0.5) is 0 Å². The van der Waals surface area contributed by atoms with Crippen molar-refractivity contribution in [1.29, 1.82) is 0 Å². The maximum atomic E-state index is 10.6. The van der Waals surface area contributed by atoms with Crippen molar-refractivity contribution in [2.24, 2.45) is 0 Å². The number of rotatable bonds is 5. The van der Waals surface area contributed by atoms with Crippen LogP contribution in [0.25, 0.3) is 6.08 Å². The first kappa shape index (κ1) is 14.8. The first-order valence-corrected chi connectivity index (χ1v) is 6.62. The van der Waals surface area contributed by atoms with Gasteiger partial charge in [-0.2, -0.15) is 0 Å². The Hall–Kier alpha value is -2.62. The average Bonchev–Trinajstić information content (AvgIpc) is 2.44. The number of benzene rings is 1. The highest BCUT2D eigenvalue weighted by molar-refractivity contribution is 5.86. The lowest BCUT2D eigenvalue weighted by molar-refractivity contribution is -0.131. The van der Waals surface area contributed by atoms with Gasteiger partial charge in [0.05, 0.1) is 5.69 Å². The Balaban J connectivity index is 2.20. The molecule has 0 aliphatic carbocycles. The van der Waals surface area contributed by atoms with E-state index in [9.17, 15) is 4.79 Å². The molecule has 1 N–H and O–H groups in total. The Kier molecular flexibility index (Phi) is 4.72. The van der Waals surface area contributed by atoms with E-state index >= 15 is 0 Å². The Morgan fingerprint density at radius 2 is 2.00 bits per heavy atom. The van der Waals surface area contributed by atoms with E-state index in [1.54, 1.807) is 0 Å². The molecule has 0 fully saturated rings. The maximum Gasteiger partial charge on any atom is 0.328 e. The zero-order chi connectivity index (χ0) is 15.2. The van der Waals surface area contributed by atoms with Crippen molar-refractivity contribution in [3.8, 4) is 5.75 Å². The van der Waals surface area contributed by atoms with E-state index in [-0.39, 0.29) is 0 Å². The van der Waals surface area contributed by atoms with Gasteiger partial charge in [0.25, 0.3) is 0 Å². The van der Waals surface area contributed by atoms with E-state index in [4.69, 9.17) is 9.84 Å². The number of nitrogens with zero attached hydrogens (tertiary/aromatic N) is 1. The van der Waals surface area contributed by atoms with Crippen LogP contribution in [0, 0.1) is 13.8 Å². The van der Waals surface area contributed by atoms with Gasteiger partial charge in [-0.05, 0) is 37.6 Å². The van der Waals surface area contributed by atoms with Crippen LogP contribution in [0.3, 0.4) is 0 Å². The van der Waals surface area contributed by atoms with Crippen LogP contribution in [-0.4, -0.2) is 16.1 Å². The molecule has 0 saturated carbocycles. The average molecular weight is 283 g/mol. The molecule has 2 aromatic rings. The topological polar surface area (TPSA) is 59.4 Å². The van der Waals surface area contributed by atoms with Crippen LogP contribution >= 0.6 is 0 Å². The number of carboxylic acids is 1. The highest BCUT2D eigenvalue weighted by Crippen LogP contribution is 2.25. The molecular formula is C17H17NO3. The molecule has 4 heteroatoms. The number of pyridine rings is 1. The van der Waals surface area contributed by atoms with Gasteiger partial charge in [0.1, 0.15) is 12.4 Å². The predicted molar refractivity (Wildman–Crippen MR) is 81.2 cm³/mol. The summed E-state index contributed by atoms with van der Waals surface area (Å²) in [6.45, 7) is 4.20. The van der Waals surface area contributed by atoms with Crippen LogP contribution in [0.1, 0.15) is 22.5 Å². The predicted octanol–water partition coefficient (Wildman–Crippen LogP) is 3.38. The van der Waals surface area contributed by atoms with Gasteiger partial charge in [-0.25, -0.2) is 4.79 Å². The second-order valence-corrected chi connectivity index (χ2v) is 4.72. The maximum absolute atomic E-state index is 10.6. The van der Waals surface area contributed by atoms with Crippen molar-refractivity contribution < 1.29 is 14.6 Å². The Bertz CT molecular complexity index is 677. The second kappa shape index (κ2) is 6.70. The van der Waals surface area contributed by atoms with Gasteiger partial charge >= 0.3 is 5.97 Å². The highest BCUT2D eigenvalue weighted by Gasteiger charge is 2.06. The molecule has 0 aliphatic heterocycles. The number of para-hydroxylation sites is 1. The van der Waals surface area contributed by atoms with Gasteiger partial charge in [-0.3, -0.25) is 4.98 Å². The molecule has 0 aliphatic rings. The molecule has 0 unspecified atom stereocenters. The summed E-state index contributed by atoms with van der Waals surface area (Å²) in [5.41, 5.74) is 3.47. The number of ether oxygens (including phenoxy) is 1. The van der Waals surface area contributed by atoms with Crippen LogP contribution in [0.15, 0.2) is 42.5 Å². The molecule has 4 nitrogen and oxygen atoms in total. The molecule has 1 aromatic heterocycles. The minimum atomic E-state index is -0.984.